The second-order valence-corrected chi connectivity index (χ2v) is 6.74. The van der Waals surface area contributed by atoms with E-state index >= 15 is 0 Å². The third kappa shape index (κ3) is 3.10. The molecule has 1 amide bonds. The standard InChI is InChI=1S/C22H16N6O2/c29-21(26-15-9-10-20(24-11-15)28-14-23-13-25-28)12-27-18-7-3-1-5-16(18)22(30)17-6-2-4-8-19(17)27/h1-11,13-14H,12H2,(H,26,29). The van der Waals surface area contributed by atoms with Crippen LogP contribution < -0.4 is 10.7 Å². The lowest BCUT2D eigenvalue weighted by Crippen LogP contribution is -2.21. The molecule has 0 fully saturated rings. The van der Waals surface area contributed by atoms with E-state index in [9.17, 15) is 9.59 Å². The smallest absolute Gasteiger partial charge is 0.244 e. The van der Waals surface area contributed by atoms with Crippen molar-refractivity contribution >= 4 is 33.4 Å². The molecule has 0 unspecified atom stereocenters. The molecule has 146 valence electrons. The molecule has 0 aliphatic carbocycles. The van der Waals surface area contributed by atoms with Crippen LogP contribution in [0, 0.1) is 0 Å². The summed E-state index contributed by atoms with van der Waals surface area (Å²) in [6.45, 7) is 0.0616. The first-order valence-corrected chi connectivity index (χ1v) is 9.32. The van der Waals surface area contributed by atoms with Gasteiger partial charge in [-0.3, -0.25) is 9.59 Å². The Morgan fingerprint density at radius 3 is 2.23 bits per heavy atom. The molecule has 0 radical (unpaired) electrons. The van der Waals surface area contributed by atoms with Crippen LogP contribution in [0.25, 0.3) is 27.6 Å². The number of carbonyl (C=O) groups is 1. The Labute approximate surface area is 170 Å². The molecule has 3 heterocycles. The van der Waals surface area contributed by atoms with Crippen LogP contribution in [0.5, 0.6) is 0 Å². The number of para-hydroxylation sites is 2. The minimum Gasteiger partial charge on any atom is -0.331 e. The van der Waals surface area contributed by atoms with Crippen molar-refractivity contribution in [2.45, 2.75) is 6.54 Å². The summed E-state index contributed by atoms with van der Waals surface area (Å²) in [7, 11) is 0. The van der Waals surface area contributed by atoms with E-state index in [1.807, 2.05) is 41.0 Å². The number of pyridine rings is 2. The van der Waals surface area contributed by atoms with Crippen LogP contribution in [0.3, 0.4) is 0 Å². The predicted molar refractivity (Wildman–Crippen MR) is 113 cm³/mol. The van der Waals surface area contributed by atoms with E-state index in [0.29, 0.717) is 22.3 Å². The number of benzene rings is 2. The molecule has 0 aliphatic heterocycles. The molecule has 1 N–H and O–H groups in total. The van der Waals surface area contributed by atoms with Gasteiger partial charge in [-0.25, -0.2) is 14.6 Å². The molecule has 0 saturated carbocycles. The van der Waals surface area contributed by atoms with Crippen LogP contribution >= 0.6 is 0 Å². The van der Waals surface area contributed by atoms with E-state index in [1.165, 1.54) is 11.0 Å². The van der Waals surface area contributed by atoms with Gasteiger partial charge in [0.25, 0.3) is 0 Å². The molecule has 0 atom stereocenters. The molecule has 8 nitrogen and oxygen atoms in total. The van der Waals surface area contributed by atoms with Crippen molar-refractivity contribution in [1.82, 2.24) is 24.3 Å². The van der Waals surface area contributed by atoms with Crippen molar-refractivity contribution in [3.8, 4) is 5.82 Å². The molecule has 8 heteroatoms. The number of hydrogen-bond donors (Lipinski definition) is 1. The molecule has 30 heavy (non-hydrogen) atoms. The Morgan fingerprint density at radius 1 is 0.933 bits per heavy atom. The zero-order valence-corrected chi connectivity index (χ0v) is 15.8. The van der Waals surface area contributed by atoms with Gasteiger partial charge in [0.2, 0.25) is 5.91 Å². The van der Waals surface area contributed by atoms with Crippen LogP contribution in [0.1, 0.15) is 0 Å². The normalized spacial score (nSPS) is 11.1. The molecule has 0 bridgehead atoms. The fourth-order valence-electron chi connectivity index (χ4n) is 3.51. The summed E-state index contributed by atoms with van der Waals surface area (Å²) in [4.78, 5) is 33.8. The highest BCUT2D eigenvalue weighted by Gasteiger charge is 2.13. The number of aromatic nitrogens is 5. The quantitative estimate of drug-likeness (QED) is 0.472. The van der Waals surface area contributed by atoms with E-state index in [2.05, 4.69) is 20.4 Å². The maximum Gasteiger partial charge on any atom is 0.244 e. The molecular formula is C22H16N6O2. The van der Waals surface area contributed by atoms with Gasteiger partial charge in [0, 0.05) is 10.8 Å². The van der Waals surface area contributed by atoms with Gasteiger partial charge < -0.3 is 9.88 Å². The van der Waals surface area contributed by atoms with Gasteiger partial charge in [0.15, 0.2) is 11.2 Å². The topological polar surface area (TPSA) is 94.7 Å². The average molecular weight is 396 g/mol. The van der Waals surface area contributed by atoms with Crippen molar-refractivity contribution < 1.29 is 4.79 Å². The van der Waals surface area contributed by atoms with Gasteiger partial charge in [-0.05, 0) is 36.4 Å². The monoisotopic (exact) mass is 396 g/mol. The summed E-state index contributed by atoms with van der Waals surface area (Å²) in [6, 6.07) is 18.1. The van der Waals surface area contributed by atoms with E-state index in [-0.39, 0.29) is 17.9 Å². The number of anilines is 1. The Kier molecular flexibility index (Phi) is 4.29. The number of fused-ring (bicyclic) bond motifs is 2. The van der Waals surface area contributed by atoms with Gasteiger partial charge in [0.1, 0.15) is 19.2 Å². The van der Waals surface area contributed by atoms with Crippen LogP contribution in [0.2, 0.25) is 0 Å². The predicted octanol–water partition coefficient (Wildman–Crippen LogP) is 2.77. The SMILES string of the molecule is O=C(Cn1c2ccccc2c(=O)c2ccccc21)Nc1ccc(-n2cncn2)nc1. The number of nitrogens with zero attached hydrogens (tertiary/aromatic N) is 5. The Hall–Kier alpha value is -4.33. The lowest BCUT2D eigenvalue weighted by atomic mass is 10.1. The molecule has 0 spiro atoms. The summed E-state index contributed by atoms with van der Waals surface area (Å²) >= 11 is 0. The third-order valence-electron chi connectivity index (χ3n) is 4.87. The van der Waals surface area contributed by atoms with E-state index in [4.69, 9.17) is 0 Å². The van der Waals surface area contributed by atoms with Crippen LogP contribution in [-0.4, -0.2) is 30.2 Å². The van der Waals surface area contributed by atoms with Gasteiger partial charge in [-0.15, -0.1) is 0 Å². The minimum atomic E-state index is -0.218. The highest BCUT2D eigenvalue weighted by atomic mass is 16.2. The molecule has 0 saturated heterocycles. The molecule has 3 aromatic heterocycles. The van der Waals surface area contributed by atoms with Gasteiger partial charge >= 0.3 is 0 Å². The van der Waals surface area contributed by atoms with Crippen LogP contribution in [-0.2, 0) is 11.3 Å². The summed E-state index contributed by atoms with van der Waals surface area (Å²) in [6.07, 6.45) is 4.54. The number of carbonyl (C=O) groups excluding carboxylic acids is 1. The fourth-order valence-corrected chi connectivity index (χ4v) is 3.51. The zero-order chi connectivity index (χ0) is 20.5. The second kappa shape index (κ2) is 7.25. The van der Waals surface area contributed by atoms with Crippen molar-refractivity contribution in [3.05, 3.63) is 89.7 Å². The highest BCUT2D eigenvalue weighted by molar-refractivity contribution is 5.97. The summed E-state index contributed by atoms with van der Waals surface area (Å²) in [5, 5.41) is 8.06. The van der Waals surface area contributed by atoms with Gasteiger partial charge in [-0.2, -0.15) is 5.10 Å². The molecular weight excluding hydrogens is 380 g/mol. The number of hydrogen-bond acceptors (Lipinski definition) is 5. The first kappa shape index (κ1) is 17.7. The Morgan fingerprint density at radius 2 is 1.63 bits per heavy atom. The Bertz CT molecular complexity index is 1360. The highest BCUT2D eigenvalue weighted by Crippen LogP contribution is 2.19. The minimum absolute atomic E-state index is 0.0363. The van der Waals surface area contributed by atoms with E-state index in [0.717, 1.165) is 11.0 Å². The van der Waals surface area contributed by atoms with Crippen molar-refractivity contribution in [1.29, 1.82) is 0 Å². The number of amides is 1. The maximum absolute atomic E-state index is 12.8. The van der Waals surface area contributed by atoms with Crippen LogP contribution in [0.15, 0.2) is 84.3 Å². The zero-order valence-electron chi connectivity index (χ0n) is 15.8. The average Bonchev–Trinajstić information content (AvgIpc) is 3.32. The van der Waals surface area contributed by atoms with Gasteiger partial charge in [0.05, 0.1) is 22.9 Å². The molecule has 5 aromatic rings. The second-order valence-electron chi connectivity index (χ2n) is 6.74. The van der Waals surface area contributed by atoms with Crippen molar-refractivity contribution in [2.24, 2.45) is 0 Å². The van der Waals surface area contributed by atoms with Crippen molar-refractivity contribution in [3.63, 3.8) is 0 Å². The number of rotatable bonds is 4. The first-order chi connectivity index (χ1) is 14.7. The van der Waals surface area contributed by atoms with Crippen LogP contribution in [0.4, 0.5) is 5.69 Å². The third-order valence-corrected chi connectivity index (χ3v) is 4.87. The number of nitrogens with one attached hydrogen (secondary N) is 1. The van der Waals surface area contributed by atoms with Gasteiger partial charge in [-0.1, -0.05) is 24.3 Å². The summed E-state index contributed by atoms with van der Waals surface area (Å²) in [5.74, 6) is 0.382. The summed E-state index contributed by atoms with van der Waals surface area (Å²) in [5.41, 5.74) is 1.97. The van der Waals surface area contributed by atoms with Crippen molar-refractivity contribution in [2.75, 3.05) is 5.32 Å². The van der Waals surface area contributed by atoms with E-state index < -0.39 is 0 Å². The molecule has 2 aromatic carbocycles. The van der Waals surface area contributed by atoms with E-state index in [1.54, 1.807) is 36.8 Å². The first-order valence-electron chi connectivity index (χ1n) is 9.32. The Balaban J connectivity index is 1.47. The lowest BCUT2D eigenvalue weighted by molar-refractivity contribution is -0.116. The maximum atomic E-state index is 12.8. The molecule has 0 aliphatic rings. The largest absolute Gasteiger partial charge is 0.331 e. The lowest BCUT2D eigenvalue weighted by Gasteiger charge is -2.15. The summed E-state index contributed by atoms with van der Waals surface area (Å²) < 4.78 is 3.39. The fraction of sp³-hybridized carbons (Fsp3) is 0.0455. The molecule has 5 rings (SSSR count).